The van der Waals surface area contributed by atoms with Crippen molar-refractivity contribution in [3.8, 4) is 22.6 Å². The lowest BCUT2D eigenvalue weighted by Gasteiger charge is -2.14. The molecule has 1 aliphatic rings. The van der Waals surface area contributed by atoms with Crippen LogP contribution < -0.4 is 15.0 Å². The van der Waals surface area contributed by atoms with Gasteiger partial charge in [-0.1, -0.05) is 12.1 Å². The number of hydrogen-bond acceptors (Lipinski definition) is 5. The van der Waals surface area contributed by atoms with Gasteiger partial charge in [-0.3, -0.25) is 9.69 Å². The second-order valence-electron chi connectivity index (χ2n) is 7.09. The molecule has 0 spiro atoms. The Hall–Kier alpha value is -3.88. The number of benzene rings is 2. The van der Waals surface area contributed by atoms with Gasteiger partial charge in [0, 0.05) is 18.7 Å². The minimum atomic E-state index is -0.580. The van der Waals surface area contributed by atoms with E-state index in [1.54, 1.807) is 31.6 Å². The number of amides is 2. The third kappa shape index (κ3) is 4.35. The van der Waals surface area contributed by atoms with E-state index in [0.29, 0.717) is 5.69 Å². The van der Waals surface area contributed by atoms with E-state index in [4.69, 9.17) is 9.47 Å². The van der Waals surface area contributed by atoms with Crippen LogP contribution in [0.4, 0.5) is 14.9 Å². The van der Waals surface area contributed by atoms with Crippen LogP contribution in [0.1, 0.15) is 6.92 Å². The molecular formula is C22H21FN4O4. The summed E-state index contributed by atoms with van der Waals surface area (Å²) in [5.74, 6) is 0.00986. The number of anilines is 1. The first-order valence-corrected chi connectivity index (χ1v) is 9.66. The summed E-state index contributed by atoms with van der Waals surface area (Å²) in [7, 11) is 1.60. The van der Waals surface area contributed by atoms with Crippen molar-refractivity contribution in [3.63, 3.8) is 0 Å². The number of cyclic esters (lactones) is 1. The summed E-state index contributed by atoms with van der Waals surface area (Å²) in [6.45, 7) is 1.82. The zero-order valence-corrected chi connectivity index (χ0v) is 17.0. The van der Waals surface area contributed by atoms with Crippen LogP contribution in [-0.2, 0) is 9.53 Å². The summed E-state index contributed by atoms with van der Waals surface area (Å²) >= 11 is 0. The highest BCUT2D eigenvalue weighted by atomic mass is 19.1. The molecule has 8 nitrogen and oxygen atoms in total. The Balaban J connectivity index is 1.51. The molecule has 1 fully saturated rings. The molecule has 2 aromatic carbocycles. The molecule has 1 saturated heterocycles. The molecule has 1 aromatic heterocycles. The van der Waals surface area contributed by atoms with Crippen molar-refractivity contribution in [2.75, 3.05) is 25.1 Å². The number of carbonyl (C=O) groups is 2. The first kappa shape index (κ1) is 20.4. The highest BCUT2D eigenvalue weighted by Gasteiger charge is 2.32. The standard InChI is InChI=1S/C22H21FN4O4/c1-14(28)24-11-19-13-26(22(29)31-19)17-5-8-21(20(23)9-17)27-12-16(10-25-27)15-3-6-18(30-2)7-4-15/h3-10,12,19H,11,13H2,1-2H3,(H,24,28)/t19-/m0/s1. The van der Waals surface area contributed by atoms with E-state index in [2.05, 4.69) is 10.4 Å². The van der Waals surface area contributed by atoms with Crippen molar-refractivity contribution in [1.82, 2.24) is 15.1 Å². The Bertz CT molecular complexity index is 1110. The molecular weight excluding hydrogens is 403 g/mol. The van der Waals surface area contributed by atoms with Crippen LogP contribution in [0.5, 0.6) is 5.75 Å². The Morgan fingerprint density at radius 3 is 2.71 bits per heavy atom. The zero-order chi connectivity index (χ0) is 22.0. The number of methoxy groups -OCH3 is 1. The van der Waals surface area contributed by atoms with Crippen LogP contribution in [0.25, 0.3) is 16.8 Å². The van der Waals surface area contributed by atoms with Gasteiger partial charge in [0.15, 0.2) is 5.82 Å². The fourth-order valence-corrected chi connectivity index (χ4v) is 3.33. The van der Waals surface area contributed by atoms with Crippen molar-refractivity contribution in [1.29, 1.82) is 0 Å². The summed E-state index contributed by atoms with van der Waals surface area (Å²) < 4.78 is 26.7. The summed E-state index contributed by atoms with van der Waals surface area (Å²) in [6, 6.07) is 11.9. The first-order chi connectivity index (χ1) is 14.9. The van der Waals surface area contributed by atoms with Gasteiger partial charge in [-0.25, -0.2) is 13.9 Å². The summed E-state index contributed by atoms with van der Waals surface area (Å²) in [5.41, 5.74) is 2.38. The van der Waals surface area contributed by atoms with Gasteiger partial charge in [0.25, 0.3) is 0 Å². The maximum Gasteiger partial charge on any atom is 0.414 e. The van der Waals surface area contributed by atoms with Crippen LogP contribution in [0.3, 0.4) is 0 Å². The first-order valence-electron chi connectivity index (χ1n) is 9.66. The monoisotopic (exact) mass is 424 g/mol. The number of nitrogens with zero attached hydrogens (tertiary/aromatic N) is 3. The van der Waals surface area contributed by atoms with Gasteiger partial charge in [0.05, 0.1) is 32.1 Å². The summed E-state index contributed by atoms with van der Waals surface area (Å²) in [6.07, 6.45) is 2.31. The number of nitrogens with one attached hydrogen (secondary N) is 1. The van der Waals surface area contributed by atoms with E-state index in [-0.39, 0.29) is 24.7 Å². The van der Waals surface area contributed by atoms with Crippen molar-refractivity contribution in [2.45, 2.75) is 13.0 Å². The highest BCUT2D eigenvalue weighted by Crippen LogP contribution is 2.27. The van der Waals surface area contributed by atoms with E-state index in [1.165, 1.54) is 22.6 Å². The second-order valence-corrected chi connectivity index (χ2v) is 7.09. The molecule has 2 heterocycles. The molecule has 1 aliphatic heterocycles. The predicted molar refractivity (Wildman–Crippen MR) is 112 cm³/mol. The van der Waals surface area contributed by atoms with E-state index in [1.807, 2.05) is 24.3 Å². The van der Waals surface area contributed by atoms with Crippen molar-refractivity contribution in [3.05, 3.63) is 60.7 Å². The molecule has 0 aliphatic carbocycles. The maximum atomic E-state index is 14.9. The number of ether oxygens (including phenoxy) is 2. The highest BCUT2D eigenvalue weighted by molar-refractivity contribution is 5.90. The summed E-state index contributed by atoms with van der Waals surface area (Å²) in [4.78, 5) is 24.5. The molecule has 2 amide bonds. The predicted octanol–water partition coefficient (Wildman–Crippen LogP) is 3.15. The van der Waals surface area contributed by atoms with E-state index >= 15 is 0 Å². The Morgan fingerprint density at radius 1 is 1.26 bits per heavy atom. The molecule has 0 radical (unpaired) electrons. The Labute approximate surface area is 178 Å². The molecule has 160 valence electrons. The fraction of sp³-hybridized carbons (Fsp3) is 0.227. The van der Waals surface area contributed by atoms with E-state index in [0.717, 1.165) is 16.9 Å². The molecule has 0 unspecified atom stereocenters. The van der Waals surface area contributed by atoms with Gasteiger partial charge in [0.2, 0.25) is 5.91 Å². The number of carbonyl (C=O) groups excluding carboxylic acids is 2. The minimum Gasteiger partial charge on any atom is -0.497 e. The SMILES string of the molecule is COc1ccc(-c2cnn(-c3ccc(N4C[C@H](CNC(C)=O)OC4=O)cc3F)c2)cc1. The molecule has 9 heteroatoms. The van der Waals surface area contributed by atoms with Gasteiger partial charge in [-0.15, -0.1) is 0 Å². The lowest BCUT2D eigenvalue weighted by Crippen LogP contribution is -2.33. The molecule has 4 rings (SSSR count). The molecule has 3 aromatic rings. The van der Waals surface area contributed by atoms with Crippen LogP contribution in [0.2, 0.25) is 0 Å². The third-order valence-electron chi connectivity index (χ3n) is 4.95. The van der Waals surface area contributed by atoms with Gasteiger partial charge in [-0.05, 0) is 35.9 Å². The zero-order valence-electron chi connectivity index (χ0n) is 17.0. The van der Waals surface area contributed by atoms with Crippen molar-refractivity contribution < 1.29 is 23.5 Å². The Kier molecular flexibility index (Phi) is 5.57. The number of rotatable bonds is 6. The number of hydrogen-bond donors (Lipinski definition) is 1. The molecule has 0 bridgehead atoms. The van der Waals surface area contributed by atoms with Crippen LogP contribution in [0, 0.1) is 5.82 Å². The molecule has 1 atom stereocenters. The average Bonchev–Trinajstić information content (AvgIpc) is 3.39. The molecule has 31 heavy (non-hydrogen) atoms. The molecule has 0 saturated carbocycles. The van der Waals surface area contributed by atoms with Gasteiger partial charge in [-0.2, -0.15) is 5.10 Å². The summed E-state index contributed by atoms with van der Waals surface area (Å²) in [5, 5.41) is 6.87. The number of halogens is 1. The normalized spacial score (nSPS) is 15.6. The van der Waals surface area contributed by atoms with Crippen LogP contribution >= 0.6 is 0 Å². The fourth-order valence-electron chi connectivity index (χ4n) is 3.33. The van der Waals surface area contributed by atoms with Gasteiger partial charge in [0.1, 0.15) is 17.5 Å². The lowest BCUT2D eigenvalue weighted by molar-refractivity contribution is -0.119. The lowest BCUT2D eigenvalue weighted by atomic mass is 10.1. The van der Waals surface area contributed by atoms with Gasteiger partial charge < -0.3 is 14.8 Å². The molecule has 1 N–H and O–H groups in total. The topological polar surface area (TPSA) is 85.7 Å². The second kappa shape index (κ2) is 8.47. The average molecular weight is 424 g/mol. The minimum absolute atomic E-state index is 0.208. The maximum absolute atomic E-state index is 14.9. The van der Waals surface area contributed by atoms with Gasteiger partial charge >= 0.3 is 6.09 Å². The Morgan fingerprint density at radius 2 is 2.03 bits per heavy atom. The van der Waals surface area contributed by atoms with Crippen molar-refractivity contribution in [2.24, 2.45) is 0 Å². The number of aromatic nitrogens is 2. The van der Waals surface area contributed by atoms with Crippen molar-refractivity contribution >= 4 is 17.7 Å². The smallest absolute Gasteiger partial charge is 0.414 e. The van der Waals surface area contributed by atoms with Crippen LogP contribution in [-0.4, -0.2) is 48.1 Å². The van der Waals surface area contributed by atoms with E-state index in [9.17, 15) is 14.0 Å². The largest absolute Gasteiger partial charge is 0.497 e. The van der Waals surface area contributed by atoms with E-state index < -0.39 is 18.0 Å². The quantitative estimate of drug-likeness (QED) is 0.657. The van der Waals surface area contributed by atoms with Crippen LogP contribution in [0.15, 0.2) is 54.9 Å². The third-order valence-corrected chi connectivity index (χ3v) is 4.95.